The van der Waals surface area contributed by atoms with Gasteiger partial charge >= 0.3 is 10.4 Å². The van der Waals surface area contributed by atoms with Crippen LogP contribution in [0.1, 0.15) is 18.3 Å². The van der Waals surface area contributed by atoms with Crippen molar-refractivity contribution in [1.82, 2.24) is 19.6 Å². The lowest BCUT2D eigenvalue weighted by Crippen LogP contribution is -2.01. The standard InChI is InChI=1S/C20H18N4S.H2O4S/c1-2-18-22-23-19-13-17(16-11-7-4-8-12-16)21-20(24(18)19)25-14-15-9-5-3-6-10-15;1-5(2,3)4/h3-13H,2,14H2,1H3;(H2,1,2,3,4). The Balaban J connectivity index is 0.000000461. The molecule has 0 amide bonds. The fourth-order valence-electron chi connectivity index (χ4n) is 2.74. The highest BCUT2D eigenvalue weighted by atomic mass is 32.3. The third-order valence-corrected chi connectivity index (χ3v) is 5.03. The van der Waals surface area contributed by atoms with Crippen LogP contribution in [0.25, 0.3) is 16.9 Å². The zero-order chi connectivity index (χ0) is 21.6. The van der Waals surface area contributed by atoms with E-state index in [1.54, 1.807) is 11.8 Å². The molecule has 0 spiro atoms. The summed E-state index contributed by atoms with van der Waals surface area (Å²) < 4.78 is 33.7. The Kier molecular flexibility index (Phi) is 7.16. The Morgan fingerprint density at radius 3 is 2.17 bits per heavy atom. The lowest BCUT2D eigenvalue weighted by molar-refractivity contribution is 0.381. The molecule has 0 unspecified atom stereocenters. The van der Waals surface area contributed by atoms with Gasteiger partial charge in [-0.05, 0) is 5.56 Å². The Hall–Kier alpha value is -2.79. The molecule has 4 aromatic rings. The molecule has 0 radical (unpaired) electrons. The number of thioether (sulfide) groups is 1. The van der Waals surface area contributed by atoms with Crippen LogP contribution in [0.3, 0.4) is 0 Å². The van der Waals surface area contributed by atoms with Crippen LogP contribution in [-0.2, 0) is 22.6 Å². The molecule has 0 aliphatic heterocycles. The third kappa shape index (κ3) is 6.10. The minimum atomic E-state index is -4.67. The summed E-state index contributed by atoms with van der Waals surface area (Å²) in [6, 6.07) is 22.7. The van der Waals surface area contributed by atoms with E-state index >= 15 is 0 Å². The van der Waals surface area contributed by atoms with Crippen LogP contribution in [0.2, 0.25) is 0 Å². The molecule has 10 heteroatoms. The topological polar surface area (TPSA) is 118 Å². The van der Waals surface area contributed by atoms with E-state index in [2.05, 4.69) is 57.9 Å². The molecule has 2 aromatic heterocycles. The molecule has 2 heterocycles. The summed E-state index contributed by atoms with van der Waals surface area (Å²) in [7, 11) is -4.67. The number of nitrogens with zero attached hydrogens (tertiary/aromatic N) is 4. The monoisotopic (exact) mass is 444 g/mol. The molecule has 0 bridgehead atoms. The Morgan fingerprint density at radius 1 is 0.967 bits per heavy atom. The third-order valence-electron chi connectivity index (χ3n) is 4.02. The van der Waals surface area contributed by atoms with Gasteiger partial charge in [-0.15, -0.1) is 10.2 Å². The fraction of sp³-hybridized carbons (Fsp3) is 0.150. The van der Waals surface area contributed by atoms with Crippen molar-refractivity contribution in [2.45, 2.75) is 24.3 Å². The molecule has 0 saturated carbocycles. The van der Waals surface area contributed by atoms with Crippen molar-refractivity contribution in [3.63, 3.8) is 0 Å². The van der Waals surface area contributed by atoms with Crippen LogP contribution in [-0.4, -0.2) is 37.1 Å². The number of rotatable bonds is 5. The first-order valence-electron chi connectivity index (χ1n) is 9.02. The van der Waals surface area contributed by atoms with Crippen LogP contribution in [0, 0.1) is 0 Å². The number of hydrogen-bond acceptors (Lipinski definition) is 6. The second-order valence-electron chi connectivity index (χ2n) is 6.18. The molecule has 0 atom stereocenters. The summed E-state index contributed by atoms with van der Waals surface area (Å²) in [6.07, 6.45) is 0.826. The molecule has 0 fully saturated rings. The highest BCUT2D eigenvalue weighted by Gasteiger charge is 2.13. The molecule has 30 heavy (non-hydrogen) atoms. The van der Waals surface area contributed by atoms with Crippen LogP contribution in [0.5, 0.6) is 0 Å². The highest BCUT2D eigenvalue weighted by Crippen LogP contribution is 2.27. The van der Waals surface area contributed by atoms with Gasteiger partial charge in [-0.3, -0.25) is 13.5 Å². The maximum absolute atomic E-state index is 8.74. The molecule has 4 rings (SSSR count). The first-order chi connectivity index (χ1) is 14.3. The van der Waals surface area contributed by atoms with Crippen LogP contribution >= 0.6 is 11.8 Å². The molecule has 0 aliphatic rings. The maximum atomic E-state index is 8.74. The second kappa shape index (κ2) is 9.81. The SMILES string of the molecule is CCc1nnc2cc(-c3ccccc3)nc(SCc3ccccc3)n12.O=S(=O)(O)O. The van der Waals surface area contributed by atoms with Gasteiger partial charge in [-0.25, -0.2) is 4.98 Å². The molecule has 156 valence electrons. The van der Waals surface area contributed by atoms with Gasteiger partial charge in [0.2, 0.25) is 0 Å². The Morgan fingerprint density at radius 2 is 1.57 bits per heavy atom. The summed E-state index contributed by atoms with van der Waals surface area (Å²) in [5.41, 5.74) is 4.14. The minimum Gasteiger partial charge on any atom is -0.264 e. The van der Waals surface area contributed by atoms with E-state index in [1.807, 2.05) is 30.3 Å². The first kappa shape index (κ1) is 21.9. The summed E-state index contributed by atoms with van der Waals surface area (Å²) >= 11 is 1.72. The highest BCUT2D eigenvalue weighted by molar-refractivity contribution is 7.98. The fourth-order valence-corrected chi connectivity index (χ4v) is 3.72. The zero-order valence-corrected chi connectivity index (χ0v) is 17.7. The smallest absolute Gasteiger partial charge is 0.264 e. The molecule has 2 N–H and O–H groups in total. The summed E-state index contributed by atoms with van der Waals surface area (Å²) in [4.78, 5) is 4.91. The number of aromatic nitrogens is 4. The lowest BCUT2D eigenvalue weighted by Gasteiger charge is -2.09. The number of hydrogen-bond donors (Lipinski definition) is 2. The van der Waals surface area contributed by atoms with Crippen molar-refractivity contribution < 1.29 is 17.5 Å². The van der Waals surface area contributed by atoms with Crippen LogP contribution in [0.4, 0.5) is 0 Å². The molecule has 2 aromatic carbocycles. The Bertz CT molecular complexity index is 1210. The van der Waals surface area contributed by atoms with E-state index in [0.717, 1.165) is 40.1 Å². The van der Waals surface area contributed by atoms with Crippen LogP contribution < -0.4 is 0 Å². The van der Waals surface area contributed by atoms with Gasteiger partial charge in [0, 0.05) is 23.8 Å². The van der Waals surface area contributed by atoms with Crippen molar-refractivity contribution in [1.29, 1.82) is 0 Å². The predicted molar refractivity (Wildman–Crippen MR) is 116 cm³/mol. The normalized spacial score (nSPS) is 11.2. The van der Waals surface area contributed by atoms with Gasteiger partial charge in [0.1, 0.15) is 5.82 Å². The summed E-state index contributed by atoms with van der Waals surface area (Å²) in [5, 5.41) is 9.61. The maximum Gasteiger partial charge on any atom is 0.394 e. The van der Waals surface area contributed by atoms with Crippen molar-refractivity contribution in [2.75, 3.05) is 0 Å². The quantitative estimate of drug-likeness (QED) is 0.269. The number of aryl methyl sites for hydroxylation is 1. The van der Waals surface area contributed by atoms with E-state index < -0.39 is 10.4 Å². The second-order valence-corrected chi connectivity index (χ2v) is 8.01. The zero-order valence-electron chi connectivity index (χ0n) is 16.1. The molecular weight excluding hydrogens is 424 g/mol. The van der Waals surface area contributed by atoms with E-state index in [0.29, 0.717) is 0 Å². The van der Waals surface area contributed by atoms with Crippen molar-refractivity contribution in [3.05, 3.63) is 78.1 Å². The Labute approximate surface area is 178 Å². The van der Waals surface area contributed by atoms with Crippen molar-refractivity contribution in [3.8, 4) is 11.3 Å². The van der Waals surface area contributed by atoms with Gasteiger partial charge in [0.05, 0.1) is 5.69 Å². The van der Waals surface area contributed by atoms with E-state index in [9.17, 15) is 0 Å². The summed E-state index contributed by atoms with van der Waals surface area (Å²) in [5.74, 6) is 1.81. The average molecular weight is 445 g/mol. The van der Waals surface area contributed by atoms with E-state index in [1.165, 1.54) is 5.56 Å². The van der Waals surface area contributed by atoms with Gasteiger partial charge < -0.3 is 0 Å². The molecule has 8 nitrogen and oxygen atoms in total. The van der Waals surface area contributed by atoms with E-state index in [4.69, 9.17) is 22.5 Å². The van der Waals surface area contributed by atoms with Gasteiger partial charge in [-0.1, -0.05) is 79.3 Å². The van der Waals surface area contributed by atoms with Gasteiger partial charge in [-0.2, -0.15) is 8.42 Å². The number of fused-ring (bicyclic) bond motifs is 1. The first-order valence-corrected chi connectivity index (χ1v) is 11.4. The van der Waals surface area contributed by atoms with Crippen molar-refractivity contribution >= 4 is 27.8 Å². The van der Waals surface area contributed by atoms with Gasteiger partial charge in [0.15, 0.2) is 10.8 Å². The molecular formula is C20H20N4O4S2. The largest absolute Gasteiger partial charge is 0.394 e. The van der Waals surface area contributed by atoms with E-state index in [-0.39, 0.29) is 0 Å². The number of benzene rings is 2. The minimum absolute atomic E-state index is 0.826. The lowest BCUT2D eigenvalue weighted by atomic mass is 10.1. The molecule has 0 saturated heterocycles. The predicted octanol–water partition coefficient (Wildman–Crippen LogP) is 3.99. The molecule has 0 aliphatic carbocycles. The summed E-state index contributed by atoms with van der Waals surface area (Å²) in [6.45, 7) is 2.09. The van der Waals surface area contributed by atoms with Gasteiger partial charge in [0.25, 0.3) is 0 Å². The average Bonchev–Trinajstić information content (AvgIpc) is 3.15. The van der Waals surface area contributed by atoms with Crippen molar-refractivity contribution in [2.24, 2.45) is 0 Å². The van der Waals surface area contributed by atoms with Crippen LogP contribution in [0.15, 0.2) is 71.9 Å².